The number of benzene rings is 1. The Labute approximate surface area is 207 Å². The topological polar surface area (TPSA) is 125 Å². The Hall–Kier alpha value is -3.97. The SMILES string of the molecule is CCN(CC)C(=O)C1=C(C)N=C2SC(C#N)=C(N)N2[C@@H]1c1ccc(-c2ccc(C(=O)OC)cc2)o1. The molecule has 0 spiro atoms. The number of thioether (sulfide) groups is 1. The van der Waals surface area contributed by atoms with Crippen molar-refractivity contribution < 1.29 is 18.7 Å². The van der Waals surface area contributed by atoms with E-state index in [-0.39, 0.29) is 11.7 Å². The first-order valence-electron chi connectivity index (χ1n) is 11.1. The minimum Gasteiger partial charge on any atom is -0.465 e. The molecule has 2 aromatic rings. The van der Waals surface area contributed by atoms with E-state index in [4.69, 9.17) is 14.9 Å². The summed E-state index contributed by atoms with van der Waals surface area (Å²) in [5, 5.41) is 10.1. The summed E-state index contributed by atoms with van der Waals surface area (Å²) in [7, 11) is 1.33. The number of nitrogens with two attached hydrogens (primary N) is 1. The van der Waals surface area contributed by atoms with E-state index < -0.39 is 12.0 Å². The summed E-state index contributed by atoms with van der Waals surface area (Å²) in [5.74, 6) is 0.695. The van der Waals surface area contributed by atoms with Gasteiger partial charge in [-0.15, -0.1) is 0 Å². The van der Waals surface area contributed by atoms with E-state index in [2.05, 4.69) is 11.1 Å². The number of ether oxygens (including phenoxy) is 1. The molecule has 0 bridgehead atoms. The molecule has 0 aliphatic carbocycles. The quantitative estimate of drug-likeness (QED) is 0.602. The average Bonchev–Trinajstić information content (AvgIpc) is 3.48. The Kier molecular flexibility index (Phi) is 6.71. The smallest absolute Gasteiger partial charge is 0.337 e. The number of nitrogens with zero attached hydrogens (tertiary/aromatic N) is 4. The van der Waals surface area contributed by atoms with Gasteiger partial charge in [-0.1, -0.05) is 12.1 Å². The number of furan rings is 1. The fourth-order valence-corrected chi connectivity index (χ4v) is 5.02. The second-order valence-corrected chi connectivity index (χ2v) is 8.82. The first-order chi connectivity index (χ1) is 16.8. The van der Waals surface area contributed by atoms with Crippen LogP contribution in [0.5, 0.6) is 0 Å². The molecule has 35 heavy (non-hydrogen) atoms. The van der Waals surface area contributed by atoms with Crippen LogP contribution in [0.2, 0.25) is 0 Å². The first-order valence-corrected chi connectivity index (χ1v) is 11.9. The maximum absolute atomic E-state index is 13.6. The van der Waals surface area contributed by atoms with Crippen molar-refractivity contribution in [3.05, 3.63) is 69.7 Å². The lowest BCUT2D eigenvalue weighted by molar-refractivity contribution is -0.127. The number of methoxy groups -OCH3 is 1. The second kappa shape index (κ2) is 9.72. The third-order valence-electron chi connectivity index (χ3n) is 5.95. The predicted molar refractivity (Wildman–Crippen MR) is 133 cm³/mol. The van der Waals surface area contributed by atoms with Crippen LogP contribution in [0.3, 0.4) is 0 Å². The fraction of sp³-hybridized carbons (Fsp3) is 0.280. The number of rotatable bonds is 6. The van der Waals surface area contributed by atoms with Crippen LogP contribution in [0.15, 0.2) is 67.8 Å². The molecule has 2 aliphatic rings. The summed E-state index contributed by atoms with van der Waals surface area (Å²) in [6, 6.07) is 11.9. The van der Waals surface area contributed by atoms with Crippen LogP contribution >= 0.6 is 11.8 Å². The molecule has 0 saturated heterocycles. The van der Waals surface area contributed by atoms with Gasteiger partial charge in [0.05, 0.1) is 23.9 Å². The molecule has 0 radical (unpaired) electrons. The van der Waals surface area contributed by atoms with Gasteiger partial charge in [0.1, 0.15) is 34.4 Å². The van der Waals surface area contributed by atoms with Crippen molar-refractivity contribution in [3.63, 3.8) is 0 Å². The molecule has 0 fully saturated rings. The minimum absolute atomic E-state index is 0.163. The Morgan fingerprint density at radius 2 is 1.91 bits per heavy atom. The van der Waals surface area contributed by atoms with Gasteiger partial charge < -0.3 is 19.8 Å². The molecule has 4 rings (SSSR count). The normalized spacial score (nSPS) is 17.2. The van der Waals surface area contributed by atoms with Crippen molar-refractivity contribution >= 4 is 28.8 Å². The van der Waals surface area contributed by atoms with Gasteiger partial charge in [0.15, 0.2) is 5.17 Å². The number of likely N-dealkylation sites (N-methyl/N-ethyl adjacent to an activating group) is 1. The summed E-state index contributed by atoms with van der Waals surface area (Å²) < 4.78 is 11.0. The van der Waals surface area contributed by atoms with Crippen LogP contribution in [0, 0.1) is 11.3 Å². The summed E-state index contributed by atoms with van der Waals surface area (Å²) >= 11 is 1.17. The Bertz CT molecular complexity index is 1310. The van der Waals surface area contributed by atoms with Crippen molar-refractivity contribution in [2.45, 2.75) is 26.8 Å². The molecule has 9 nitrogen and oxygen atoms in total. The zero-order chi connectivity index (χ0) is 25.3. The maximum atomic E-state index is 13.6. The molecule has 3 heterocycles. The van der Waals surface area contributed by atoms with E-state index in [1.165, 1.54) is 18.9 Å². The third kappa shape index (κ3) is 4.19. The van der Waals surface area contributed by atoms with E-state index in [1.54, 1.807) is 53.1 Å². The Morgan fingerprint density at radius 3 is 2.51 bits per heavy atom. The number of nitriles is 1. The molecular weight excluding hydrogens is 466 g/mol. The second-order valence-electron chi connectivity index (χ2n) is 7.84. The summed E-state index contributed by atoms with van der Waals surface area (Å²) in [4.78, 5) is 33.6. The number of hydrogen-bond acceptors (Lipinski definition) is 9. The molecule has 0 saturated carbocycles. The number of amidine groups is 1. The van der Waals surface area contributed by atoms with Gasteiger partial charge >= 0.3 is 5.97 Å². The number of allylic oxidation sites excluding steroid dienone is 2. The number of carbonyl (C=O) groups is 2. The van der Waals surface area contributed by atoms with Crippen molar-refractivity contribution in [2.75, 3.05) is 20.2 Å². The van der Waals surface area contributed by atoms with Gasteiger partial charge in [-0.05, 0) is 56.8 Å². The van der Waals surface area contributed by atoms with Gasteiger partial charge in [0, 0.05) is 18.7 Å². The van der Waals surface area contributed by atoms with Crippen molar-refractivity contribution in [1.29, 1.82) is 5.26 Å². The highest BCUT2D eigenvalue weighted by atomic mass is 32.2. The molecule has 1 aromatic heterocycles. The maximum Gasteiger partial charge on any atom is 0.337 e. The third-order valence-corrected chi connectivity index (χ3v) is 6.92. The molecule has 180 valence electrons. The zero-order valence-corrected chi connectivity index (χ0v) is 20.7. The Balaban J connectivity index is 1.79. The predicted octanol–water partition coefficient (Wildman–Crippen LogP) is 3.99. The molecular formula is C25H25N5O4S. The van der Waals surface area contributed by atoms with Crippen LogP contribution in [-0.4, -0.2) is 47.0 Å². The van der Waals surface area contributed by atoms with Crippen molar-refractivity contribution in [2.24, 2.45) is 10.7 Å². The van der Waals surface area contributed by atoms with E-state index in [1.807, 2.05) is 13.8 Å². The number of hydrogen-bond donors (Lipinski definition) is 1. The number of aliphatic imine (C=N–C) groups is 1. The molecule has 0 unspecified atom stereocenters. The highest BCUT2D eigenvalue weighted by Gasteiger charge is 2.44. The van der Waals surface area contributed by atoms with Crippen LogP contribution in [-0.2, 0) is 9.53 Å². The monoisotopic (exact) mass is 491 g/mol. The van der Waals surface area contributed by atoms with Crippen LogP contribution in [0.4, 0.5) is 0 Å². The lowest BCUT2D eigenvalue weighted by Crippen LogP contribution is -2.42. The van der Waals surface area contributed by atoms with Gasteiger partial charge in [0.2, 0.25) is 0 Å². The summed E-state index contributed by atoms with van der Waals surface area (Å²) in [6.07, 6.45) is 0. The fourth-order valence-electron chi connectivity index (χ4n) is 4.11. The average molecular weight is 492 g/mol. The molecule has 10 heteroatoms. The van der Waals surface area contributed by atoms with Crippen LogP contribution in [0.25, 0.3) is 11.3 Å². The van der Waals surface area contributed by atoms with Gasteiger partial charge in [0.25, 0.3) is 5.91 Å². The molecule has 2 N–H and O–H groups in total. The largest absolute Gasteiger partial charge is 0.465 e. The van der Waals surface area contributed by atoms with Crippen molar-refractivity contribution in [1.82, 2.24) is 9.80 Å². The zero-order valence-electron chi connectivity index (χ0n) is 19.9. The lowest BCUT2D eigenvalue weighted by atomic mass is 9.98. The molecule has 1 atom stereocenters. The van der Waals surface area contributed by atoms with Crippen molar-refractivity contribution in [3.8, 4) is 17.4 Å². The minimum atomic E-state index is -0.683. The Morgan fingerprint density at radius 1 is 1.23 bits per heavy atom. The summed E-state index contributed by atoms with van der Waals surface area (Å²) in [6.45, 7) is 6.69. The lowest BCUT2D eigenvalue weighted by Gasteiger charge is -2.35. The number of esters is 1. The van der Waals surface area contributed by atoms with E-state index >= 15 is 0 Å². The van der Waals surface area contributed by atoms with Crippen LogP contribution in [0.1, 0.15) is 42.9 Å². The first kappa shape index (κ1) is 24.2. The van der Waals surface area contributed by atoms with Crippen LogP contribution < -0.4 is 5.73 Å². The number of fused-ring (bicyclic) bond motifs is 1. The van der Waals surface area contributed by atoms with Gasteiger partial charge in [-0.2, -0.15) is 5.26 Å². The molecule has 2 aliphatic heterocycles. The van der Waals surface area contributed by atoms with E-state index in [0.29, 0.717) is 51.5 Å². The number of amides is 1. The van der Waals surface area contributed by atoms with E-state index in [9.17, 15) is 14.9 Å². The van der Waals surface area contributed by atoms with E-state index in [0.717, 1.165) is 5.56 Å². The molecule has 1 amide bonds. The number of carbonyl (C=O) groups excluding carboxylic acids is 2. The highest BCUT2D eigenvalue weighted by molar-refractivity contribution is 8.17. The summed E-state index contributed by atoms with van der Waals surface area (Å²) in [5.41, 5.74) is 8.53. The molecule has 1 aromatic carbocycles. The van der Waals surface area contributed by atoms with Gasteiger partial charge in [-0.25, -0.2) is 9.79 Å². The highest BCUT2D eigenvalue weighted by Crippen LogP contribution is 2.46. The standard InChI is InChI=1S/C25H25N5O4S/c1-5-29(6-2)23(31)20-14(3)28-25-30(22(27)19(13-26)35-25)21(20)18-12-11-17(34-18)15-7-9-16(10-8-15)24(32)33-4/h7-12,21H,5-6,27H2,1-4H3/t21-/m1/s1. The van der Waals surface area contributed by atoms with Gasteiger partial charge in [-0.3, -0.25) is 9.69 Å².